The van der Waals surface area contributed by atoms with Crippen molar-refractivity contribution >= 4 is 26.9 Å². The van der Waals surface area contributed by atoms with Gasteiger partial charge in [0.25, 0.3) is 0 Å². The van der Waals surface area contributed by atoms with Crippen LogP contribution in [-0.2, 0) is 6.18 Å². The van der Waals surface area contributed by atoms with Gasteiger partial charge in [0.15, 0.2) is 5.76 Å². The van der Waals surface area contributed by atoms with Crippen molar-refractivity contribution in [2.24, 2.45) is 0 Å². The van der Waals surface area contributed by atoms with E-state index in [-0.39, 0.29) is 23.5 Å². The Balaban J connectivity index is 2.13. The maximum absolute atomic E-state index is 12.8. The summed E-state index contributed by atoms with van der Waals surface area (Å²) < 4.78 is 49.7. The molecule has 3 aromatic rings. The van der Waals surface area contributed by atoms with E-state index in [9.17, 15) is 18.0 Å². The van der Waals surface area contributed by atoms with Crippen molar-refractivity contribution in [3.05, 3.63) is 64.3 Å². The Morgan fingerprint density at radius 1 is 1.04 bits per heavy atom. The molecule has 0 fully saturated rings. The van der Waals surface area contributed by atoms with Gasteiger partial charge >= 0.3 is 6.18 Å². The molecule has 0 spiro atoms. The van der Waals surface area contributed by atoms with Crippen molar-refractivity contribution in [1.82, 2.24) is 0 Å². The molecular formula is C19H14BrF3O3. The maximum atomic E-state index is 12.8. The third-order valence-corrected chi connectivity index (χ3v) is 4.32. The lowest BCUT2D eigenvalue weighted by Crippen LogP contribution is -2.11. The summed E-state index contributed by atoms with van der Waals surface area (Å²) in [7, 11) is 0. The average molecular weight is 427 g/mol. The predicted molar refractivity (Wildman–Crippen MR) is 96.8 cm³/mol. The molecule has 7 heteroatoms. The van der Waals surface area contributed by atoms with Gasteiger partial charge in [-0.2, -0.15) is 13.2 Å². The summed E-state index contributed by atoms with van der Waals surface area (Å²) in [5.74, 6) is 0.126. The third-order valence-electron chi connectivity index (χ3n) is 3.75. The van der Waals surface area contributed by atoms with Crippen LogP contribution >= 0.6 is 15.9 Å². The van der Waals surface area contributed by atoms with Crippen LogP contribution in [0.25, 0.3) is 22.3 Å². The number of halogens is 4. The third kappa shape index (κ3) is 3.77. The second-order valence-corrected chi connectivity index (χ2v) is 6.34. The molecule has 0 aliphatic rings. The number of alkyl halides is 4. The molecule has 0 aliphatic heterocycles. The van der Waals surface area contributed by atoms with Gasteiger partial charge in [-0.15, -0.1) is 0 Å². The summed E-state index contributed by atoms with van der Waals surface area (Å²) in [4.78, 5) is 12.8. The smallest absolute Gasteiger partial charge is 0.416 e. The number of ether oxygens (including phenoxy) is 1. The molecular weight excluding hydrogens is 413 g/mol. The van der Waals surface area contributed by atoms with E-state index in [0.29, 0.717) is 28.3 Å². The lowest BCUT2D eigenvalue weighted by Gasteiger charge is -2.12. The molecule has 1 heterocycles. The van der Waals surface area contributed by atoms with Gasteiger partial charge in [0, 0.05) is 10.9 Å². The summed E-state index contributed by atoms with van der Waals surface area (Å²) in [5.41, 5.74) is -0.433. The Morgan fingerprint density at radius 3 is 2.38 bits per heavy atom. The van der Waals surface area contributed by atoms with E-state index in [2.05, 4.69) is 15.9 Å². The van der Waals surface area contributed by atoms with E-state index in [4.69, 9.17) is 9.15 Å². The molecule has 0 bridgehead atoms. The van der Waals surface area contributed by atoms with Crippen LogP contribution in [0.15, 0.2) is 57.7 Å². The monoisotopic (exact) mass is 426 g/mol. The fraction of sp³-hybridized carbons (Fsp3) is 0.211. The number of hydrogen-bond donors (Lipinski definition) is 0. The average Bonchev–Trinajstić information content (AvgIpc) is 2.63. The quantitative estimate of drug-likeness (QED) is 0.391. The molecule has 0 N–H and O–H groups in total. The van der Waals surface area contributed by atoms with Crippen LogP contribution in [-0.4, -0.2) is 11.9 Å². The van der Waals surface area contributed by atoms with Crippen LogP contribution in [0.1, 0.15) is 12.0 Å². The number of hydrogen-bond acceptors (Lipinski definition) is 3. The molecule has 0 unspecified atom stereocenters. The highest BCUT2D eigenvalue weighted by Gasteiger charge is 2.30. The fourth-order valence-corrected chi connectivity index (χ4v) is 2.71. The Morgan fingerprint density at radius 2 is 1.73 bits per heavy atom. The highest BCUT2D eigenvalue weighted by atomic mass is 79.9. The molecule has 0 radical (unpaired) electrons. The van der Waals surface area contributed by atoms with Crippen LogP contribution in [0.4, 0.5) is 13.2 Å². The van der Waals surface area contributed by atoms with Crippen LogP contribution in [0, 0.1) is 0 Å². The van der Waals surface area contributed by atoms with E-state index in [0.717, 1.165) is 12.1 Å². The first kappa shape index (κ1) is 18.5. The molecule has 26 heavy (non-hydrogen) atoms. The molecule has 2 aromatic carbocycles. The molecule has 0 saturated carbocycles. The van der Waals surface area contributed by atoms with E-state index < -0.39 is 11.7 Å². The second-order valence-electron chi connectivity index (χ2n) is 5.55. The van der Waals surface area contributed by atoms with Crippen molar-refractivity contribution < 1.29 is 22.3 Å². The van der Waals surface area contributed by atoms with E-state index in [1.54, 1.807) is 24.3 Å². The molecule has 0 aliphatic carbocycles. The molecule has 3 rings (SSSR count). The maximum Gasteiger partial charge on any atom is 0.416 e. The minimum absolute atomic E-state index is 0.00408. The molecule has 136 valence electrons. The Kier molecular flexibility index (Phi) is 5.36. The zero-order valence-corrected chi connectivity index (χ0v) is 15.1. The fourth-order valence-electron chi connectivity index (χ4n) is 2.49. The lowest BCUT2D eigenvalue weighted by atomic mass is 10.1. The van der Waals surface area contributed by atoms with E-state index in [1.165, 1.54) is 12.1 Å². The second kappa shape index (κ2) is 7.53. The topological polar surface area (TPSA) is 39.4 Å². The number of para-hydroxylation sites is 1. The zero-order chi connectivity index (χ0) is 18.7. The molecule has 0 amide bonds. The molecule has 1 aromatic heterocycles. The summed E-state index contributed by atoms with van der Waals surface area (Å²) in [5, 5.41) is 1.05. The van der Waals surface area contributed by atoms with Gasteiger partial charge in [0.1, 0.15) is 5.58 Å². The molecule has 0 saturated heterocycles. The van der Waals surface area contributed by atoms with Crippen molar-refractivity contribution in [3.8, 4) is 17.1 Å². The summed E-state index contributed by atoms with van der Waals surface area (Å²) in [6, 6.07) is 11.1. The first-order valence-corrected chi connectivity index (χ1v) is 8.96. The first-order valence-electron chi connectivity index (χ1n) is 7.84. The van der Waals surface area contributed by atoms with Crippen LogP contribution in [0.5, 0.6) is 5.75 Å². The van der Waals surface area contributed by atoms with Crippen LogP contribution < -0.4 is 10.2 Å². The SMILES string of the molecule is O=c1c(OCCCBr)c(-c2ccc(C(F)(F)F)cc2)oc2ccccc12. The lowest BCUT2D eigenvalue weighted by molar-refractivity contribution is -0.137. The normalized spacial score (nSPS) is 11.7. The standard InChI is InChI=1S/C19H14BrF3O3/c20-10-3-11-25-18-16(24)14-4-1-2-5-15(14)26-17(18)12-6-8-13(9-7-12)19(21,22)23/h1-2,4-9H,3,10-11H2. The Bertz CT molecular complexity index is 962. The largest absolute Gasteiger partial charge is 0.486 e. The van der Waals surface area contributed by atoms with Gasteiger partial charge in [-0.1, -0.05) is 40.2 Å². The van der Waals surface area contributed by atoms with Gasteiger partial charge in [-0.25, -0.2) is 0 Å². The number of fused-ring (bicyclic) bond motifs is 1. The minimum atomic E-state index is -4.43. The van der Waals surface area contributed by atoms with Gasteiger partial charge in [0.2, 0.25) is 11.2 Å². The predicted octanol–water partition coefficient (Wildman–Crippen LogP) is 5.64. The van der Waals surface area contributed by atoms with Gasteiger partial charge in [-0.05, 0) is 30.7 Å². The van der Waals surface area contributed by atoms with Crippen molar-refractivity contribution in [3.63, 3.8) is 0 Å². The molecule has 0 atom stereocenters. The Labute approximate surface area is 155 Å². The van der Waals surface area contributed by atoms with Gasteiger partial charge < -0.3 is 9.15 Å². The summed E-state index contributed by atoms with van der Waals surface area (Å²) in [6.07, 6.45) is -3.77. The van der Waals surface area contributed by atoms with E-state index >= 15 is 0 Å². The van der Waals surface area contributed by atoms with Crippen LogP contribution in [0.2, 0.25) is 0 Å². The van der Waals surface area contributed by atoms with Crippen molar-refractivity contribution in [1.29, 1.82) is 0 Å². The van der Waals surface area contributed by atoms with Gasteiger partial charge in [0.05, 0.1) is 17.6 Å². The molecule has 3 nitrogen and oxygen atoms in total. The summed E-state index contributed by atoms with van der Waals surface area (Å²) >= 11 is 3.28. The van der Waals surface area contributed by atoms with Crippen molar-refractivity contribution in [2.45, 2.75) is 12.6 Å². The highest BCUT2D eigenvalue weighted by molar-refractivity contribution is 9.09. The van der Waals surface area contributed by atoms with E-state index in [1.807, 2.05) is 0 Å². The first-order chi connectivity index (χ1) is 12.4. The number of benzene rings is 2. The number of rotatable bonds is 5. The minimum Gasteiger partial charge on any atom is -0.486 e. The Hall–Kier alpha value is -2.28. The zero-order valence-electron chi connectivity index (χ0n) is 13.5. The van der Waals surface area contributed by atoms with Crippen LogP contribution in [0.3, 0.4) is 0 Å². The highest BCUT2D eigenvalue weighted by Crippen LogP contribution is 2.34. The van der Waals surface area contributed by atoms with Crippen molar-refractivity contribution in [2.75, 3.05) is 11.9 Å². The van der Waals surface area contributed by atoms with Gasteiger partial charge in [-0.3, -0.25) is 4.79 Å². The summed E-state index contributed by atoms with van der Waals surface area (Å²) in [6.45, 7) is 0.280.